The highest BCUT2D eigenvalue weighted by Gasteiger charge is 2.32. The number of amides is 2. The van der Waals surface area contributed by atoms with Gasteiger partial charge in [-0.2, -0.15) is 0 Å². The van der Waals surface area contributed by atoms with Crippen LogP contribution >= 0.6 is 0 Å². The number of imidazole rings is 1. The molecular formula is C48H66N8O4. The average molecular weight is 819 g/mol. The summed E-state index contributed by atoms with van der Waals surface area (Å²) in [6, 6.07) is 33.7. The van der Waals surface area contributed by atoms with Crippen LogP contribution in [0.5, 0.6) is 0 Å². The van der Waals surface area contributed by atoms with Gasteiger partial charge in [0.1, 0.15) is 12.6 Å². The molecule has 0 unspecified atom stereocenters. The van der Waals surface area contributed by atoms with Crippen molar-refractivity contribution in [2.45, 2.75) is 64.5 Å². The van der Waals surface area contributed by atoms with E-state index in [0.717, 1.165) is 83.6 Å². The molecule has 2 saturated heterocycles. The van der Waals surface area contributed by atoms with Crippen molar-refractivity contribution in [2.24, 2.45) is 0 Å². The van der Waals surface area contributed by atoms with Gasteiger partial charge in [-0.25, -0.2) is 9.97 Å². The normalized spacial score (nSPS) is 15.6. The van der Waals surface area contributed by atoms with Crippen molar-refractivity contribution in [3.8, 4) is 22.8 Å². The molecule has 6 aromatic rings. The van der Waals surface area contributed by atoms with E-state index in [9.17, 15) is 9.59 Å². The molecule has 2 aromatic heterocycles. The number of nitrogens with zero attached hydrogens (tertiary/aromatic N) is 4. The summed E-state index contributed by atoms with van der Waals surface area (Å²) < 4.78 is 12.2. The lowest BCUT2D eigenvalue weighted by molar-refractivity contribution is -0.132. The second kappa shape index (κ2) is 23.7. The molecule has 0 spiro atoms. The van der Waals surface area contributed by atoms with Gasteiger partial charge in [0, 0.05) is 32.8 Å². The van der Waals surface area contributed by atoms with Gasteiger partial charge in [0.25, 0.3) is 0 Å². The summed E-state index contributed by atoms with van der Waals surface area (Å²) in [5.74, 6) is 2.29. The molecule has 322 valence electrons. The molecule has 12 nitrogen and oxygen atoms in total. The minimum Gasteiger partial charge on any atom is -0.436 e. The molecule has 2 amide bonds. The maximum absolute atomic E-state index is 13.2. The van der Waals surface area contributed by atoms with Gasteiger partial charge < -0.3 is 39.9 Å². The quantitative estimate of drug-likeness (QED) is 0.0706. The molecule has 60 heavy (non-hydrogen) atoms. The number of nitrogens with one attached hydrogen (secondary N) is 4. The van der Waals surface area contributed by atoms with Gasteiger partial charge in [0.15, 0.2) is 5.76 Å². The fourth-order valence-corrected chi connectivity index (χ4v) is 7.37. The largest absolute Gasteiger partial charge is 0.436 e. The number of rotatable bonds is 12. The zero-order valence-electron chi connectivity index (χ0n) is 36.0. The molecule has 2 aliphatic rings. The van der Waals surface area contributed by atoms with Gasteiger partial charge in [-0.1, -0.05) is 74.5 Å². The Morgan fingerprint density at radius 3 is 2.02 bits per heavy atom. The van der Waals surface area contributed by atoms with Gasteiger partial charge in [-0.15, -0.1) is 0 Å². The van der Waals surface area contributed by atoms with Crippen LogP contribution in [0.3, 0.4) is 0 Å². The first kappa shape index (κ1) is 45.3. The predicted octanol–water partition coefficient (Wildman–Crippen LogP) is 8.60. The van der Waals surface area contributed by atoms with Gasteiger partial charge in [0.2, 0.25) is 17.7 Å². The first-order valence-corrected chi connectivity index (χ1v) is 21.1. The lowest BCUT2D eigenvalue weighted by Crippen LogP contribution is -2.39. The molecule has 2 atom stereocenters. The van der Waals surface area contributed by atoms with Crippen molar-refractivity contribution in [3.05, 3.63) is 126 Å². The highest BCUT2D eigenvalue weighted by Crippen LogP contribution is 2.34. The molecule has 0 saturated carbocycles. The number of aromatic nitrogens is 3. The molecule has 12 heteroatoms. The standard InChI is InChI=1S/C42H42N6O4.2C2H7N.C2H6.2H2/c49-39(23-29-9-3-1-4-10-29)47-21-7-13-34(47)27-51-28-44-33-18-15-31(16-19-33)42-43-26-38(52-42)32-17-20-35-36(25-32)46-41(45-35)37-14-8-22-48(37)40(50)24-30-11-5-2-6-12-30;2*1-3-2;1-2;;/h1-6,9-12,15-20,25-26,34,37,44H,7-8,13-14,21-24,27-28H2,(H,45,46);2*3H,1-2H3;1-2H3;2*1H/t34-,37-;;;;;/m0...../s1. The first-order valence-electron chi connectivity index (χ1n) is 21.1. The lowest BCUT2D eigenvalue weighted by Gasteiger charge is -2.25. The molecule has 8 rings (SSSR count). The number of ether oxygens (including phenoxy) is 1. The van der Waals surface area contributed by atoms with E-state index in [1.165, 1.54) is 0 Å². The van der Waals surface area contributed by atoms with Gasteiger partial charge >= 0.3 is 0 Å². The number of carbonyl (C=O) groups excluding carboxylic acids is 2. The Labute approximate surface area is 358 Å². The van der Waals surface area contributed by atoms with E-state index in [-0.39, 0.29) is 26.8 Å². The number of hydrogen-bond donors (Lipinski definition) is 4. The molecule has 4 N–H and O–H groups in total. The summed E-state index contributed by atoms with van der Waals surface area (Å²) in [5.41, 5.74) is 6.48. The van der Waals surface area contributed by atoms with E-state index in [1.54, 1.807) is 6.20 Å². The van der Waals surface area contributed by atoms with E-state index >= 15 is 0 Å². The van der Waals surface area contributed by atoms with Crippen LogP contribution < -0.4 is 16.0 Å². The van der Waals surface area contributed by atoms with Crippen LogP contribution in [0.2, 0.25) is 0 Å². The van der Waals surface area contributed by atoms with E-state index in [0.29, 0.717) is 37.8 Å². The van der Waals surface area contributed by atoms with E-state index in [2.05, 4.69) is 25.9 Å². The van der Waals surface area contributed by atoms with Crippen LogP contribution in [0, 0.1) is 0 Å². The fraction of sp³-hybridized carbons (Fsp3) is 0.375. The summed E-state index contributed by atoms with van der Waals surface area (Å²) in [5, 5.41) is 8.81. The molecule has 4 aromatic carbocycles. The third-order valence-electron chi connectivity index (χ3n) is 10.1. The van der Waals surface area contributed by atoms with Crippen molar-refractivity contribution in [1.29, 1.82) is 0 Å². The van der Waals surface area contributed by atoms with Crippen molar-refractivity contribution in [3.63, 3.8) is 0 Å². The molecule has 2 aliphatic heterocycles. The SMILES string of the molecule is CC.CNC.CNC.O=C(Cc1ccccc1)N1CCC[C@H]1COCNc1ccc(-c2ncc(-c3ccc4nc([C@@H]5CCCN5C(=O)Cc5ccccc5)[nH]c4c3)o2)cc1.[HH].[HH]. The third-order valence-corrected chi connectivity index (χ3v) is 10.1. The number of carbonyl (C=O) groups is 2. The van der Waals surface area contributed by atoms with Crippen LogP contribution in [-0.2, 0) is 27.2 Å². The van der Waals surface area contributed by atoms with E-state index in [4.69, 9.17) is 14.1 Å². The molecule has 2 fully saturated rings. The topological polar surface area (TPSA) is 141 Å². The molecule has 4 heterocycles. The second-order valence-corrected chi connectivity index (χ2v) is 14.6. The number of oxazole rings is 1. The van der Waals surface area contributed by atoms with Gasteiger partial charge in [-0.3, -0.25) is 9.59 Å². The number of fused-ring (bicyclic) bond motifs is 1. The highest BCUT2D eigenvalue weighted by molar-refractivity contribution is 5.82. The monoisotopic (exact) mass is 819 g/mol. The van der Waals surface area contributed by atoms with Crippen LogP contribution in [0.25, 0.3) is 33.8 Å². The van der Waals surface area contributed by atoms with Crippen LogP contribution in [-0.4, -0.2) is 97.2 Å². The minimum atomic E-state index is -0.0635. The van der Waals surface area contributed by atoms with Crippen LogP contribution in [0.1, 0.15) is 65.4 Å². The Morgan fingerprint density at radius 2 is 1.37 bits per heavy atom. The Balaban J connectivity index is 0.000000958. The van der Waals surface area contributed by atoms with Gasteiger partial charge in [-0.05, 0) is 107 Å². The Kier molecular flexibility index (Phi) is 17.9. The van der Waals surface area contributed by atoms with Crippen LogP contribution in [0.15, 0.2) is 114 Å². The maximum Gasteiger partial charge on any atom is 0.227 e. The van der Waals surface area contributed by atoms with Crippen molar-refractivity contribution >= 4 is 28.5 Å². The zero-order chi connectivity index (χ0) is 42.7. The maximum atomic E-state index is 13.2. The summed E-state index contributed by atoms with van der Waals surface area (Å²) >= 11 is 0. The second-order valence-electron chi connectivity index (χ2n) is 14.6. The Morgan fingerprint density at radius 1 is 0.783 bits per heavy atom. The molecule has 0 radical (unpaired) electrons. The van der Waals surface area contributed by atoms with E-state index in [1.807, 2.05) is 155 Å². The zero-order valence-corrected chi connectivity index (χ0v) is 36.0. The number of anilines is 1. The summed E-state index contributed by atoms with van der Waals surface area (Å²) in [4.78, 5) is 43.0. The number of H-pyrrole nitrogens is 1. The summed E-state index contributed by atoms with van der Waals surface area (Å²) in [7, 11) is 7.50. The lowest BCUT2D eigenvalue weighted by atomic mass is 10.1. The van der Waals surface area contributed by atoms with Crippen molar-refractivity contribution in [2.75, 3.05) is 59.9 Å². The van der Waals surface area contributed by atoms with Crippen molar-refractivity contribution in [1.82, 2.24) is 35.4 Å². The fourth-order valence-electron chi connectivity index (χ4n) is 7.37. The molecule has 0 bridgehead atoms. The average Bonchev–Trinajstić information content (AvgIpc) is 4.12. The molecule has 0 aliphatic carbocycles. The highest BCUT2D eigenvalue weighted by atomic mass is 16.5. The number of likely N-dealkylation sites (tertiary alicyclic amines) is 2. The summed E-state index contributed by atoms with van der Waals surface area (Å²) in [6.07, 6.45) is 6.36. The predicted molar refractivity (Wildman–Crippen MR) is 246 cm³/mol. The van der Waals surface area contributed by atoms with Crippen LogP contribution in [0.4, 0.5) is 5.69 Å². The third kappa shape index (κ3) is 12.4. The number of hydrogen-bond acceptors (Lipinski definition) is 9. The molecular weight excluding hydrogens is 753 g/mol. The Hall–Kier alpha value is -5.82. The van der Waals surface area contributed by atoms with Gasteiger partial charge in [0.05, 0.1) is 48.8 Å². The van der Waals surface area contributed by atoms with Crippen molar-refractivity contribution < 1.29 is 21.6 Å². The minimum absolute atomic E-state index is 0. The first-order chi connectivity index (χ1) is 29.4. The smallest absolute Gasteiger partial charge is 0.227 e. The number of aromatic amines is 1. The summed E-state index contributed by atoms with van der Waals surface area (Å²) in [6.45, 7) is 6.38. The Bertz CT molecular complexity index is 2180. The van der Waals surface area contributed by atoms with E-state index < -0.39 is 0 Å². The number of benzene rings is 4.